The van der Waals surface area contributed by atoms with E-state index in [0.29, 0.717) is 5.88 Å². The number of aromatic nitrogens is 1. The third-order valence-electron chi connectivity index (χ3n) is 4.25. The second-order valence-electron chi connectivity index (χ2n) is 6.19. The number of hydrogen-bond donors (Lipinski definition) is 1. The lowest BCUT2D eigenvalue weighted by molar-refractivity contribution is 0.405. The van der Waals surface area contributed by atoms with E-state index in [1.54, 1.807) is 11.3 Å². The molecule has 0 bridgehead atoms. The molecule has 0 spiro atoms. The highest BCUT2D eigenvalue weighted by Gasteiger charge is 2.15. The lowest BCUT2D eigenvalue weighted by Gasteiger charge is -2.04. The second kappa shape index (κ2) is 8.30. The van der Waals surface area contributed by atoms with Gasteiger partial charge in [0.2, 0.25) is 5.88 Å². The number of fused-ring (bicyclic) bond motifs is 1. The first kappa shape index (κ1) is 17.7. The van der Waals surface area contributed by atoms with E-state index < -0.39 is 0 Å². The molecule has 5 heteroatoms. The third kappa shape index (κ3) is 3.93. The van der Waals surface area contributed by atoms with Gasteiger partial charge >= 0.3 is 0 Å². The summed E-state index contributed by atoms with van der Waals surface area (Å²) in [5, 5.41) is 10.7. The quantitative estimate of drug-likeness (QED) is 0.697. The van der Waals surface area contributed by atoms with Crippen LogP contribution in [0.15, 0.2) is 34.3 Å². The maximum Gasteiger partial charge on any atom is 0.211 e. The van der Waals surface area contributed by atoms with E-state index in [1.807, 2.05) is 35.1 Å². The predicted octanol–water partition coefficient (Wildman–Crippen LogP) is 5.01. The van der Waals surface area contributed by atoms with Gasteiger partial charge < -0.3 is 5.11 Å². The Hall–Kier alpha value is -2.14. The highest BCUT2D eigenvalue weighted by atomic mass is 32.1. The summed E-state index contributed by atoms with van der Waals surface area (Å²) in [5.74, 6) is 0.318. The molecular formula is C20H25N3OS. The number of aliphatic imine (C=N–C) groups is 1. The van der Waals surface area contributed by atoms with E-state index in [2.05, 4.69) is 24.9 Å². The molecular weight excluding hydrogens is 330 g/mol. The SMILES string of the molecule is CCCCN=c1sc(/C=C2/C=Nc3ccccc32)c(O)n1CCCC. The zero-order chi connectivity index (χ0) is 17.6. The first-order valence-corrected chi connectivity index (χ1v) is 9.84. The molecule has 0 unspecified atom stereocenters. The van der Waals surface area contributed by atoms with Crippen molar-refractivity contribution in [2.75, 3.05) is 6.54 Å². The van der Waals surface area contributed by atoms with Crippen LogP contribution in [0, 0.1) is 0 Å². The van der Waals surface area contributed by atoms with Gasteiger partial charge in [-0.3, -0.25) is 14.6 Å². The Morgan fingerprint density at radius 2 is 2.00 bits per heavy atom. The number of para-hydroxylation sites is 1. The molecule has 1 aromatic carbocycles. The first-order chi connectivity index (χ1) is 12.2. The molecule has 4 nitrogen and oxygen atoms in total. The van der Waals surface area contributed by atoms with Crippen LogP contribution in [0.25, 0.3) is 11.6 Å². The minimum absolute atomic E-state index is 0.318. The molecule has 0 aliphatic carbocycles. The largest absolute Gasteiger partial charge is 0.493 e. The maximum atomic E-state index is 10.7. The third-order valence-corrected chi connectivity index (χ3v) is 5.30. The summed E-state index contributed by atoms with van der Waals surface area (Å²) in [4.78, 5) is 10.9. The lowest BCUT2D eigenvalue weighted by atomic mass is 10.1. The molecule has 2 heterocycles. The molecule has 25 heavy (non-hydrogen) atoms. The Labute approximate surface area is 152 Å². The molecule has 1 aliphatic heterocycles. The Kier molecular flexibility index (Phi) is 5.87. The number of allylic oxidation sites excluding steroid dienone is 1. The number of nitrogens with zero attached hydrogens (tertiary/aromatic N) is 3. The maximum absolute atomic E-state index is 10.7. The minimum atomic E-state index is 0.318. The monoisotopic (exact) mass is 355 g/mol. The zero-order valence-corrected chi connectivity index (χ0v) is 15.7. The van der Waals surface area contributed by atoms with Gasteiger partial charge in [-0.2, -0.15) is 0 Å². The first-order valence-electron chi connectivity index (χ1n) is 9.02. The predicted molar refractivity (Wildman–Crippen MR) is 107 cm³/mol. The summed E-state index contributed by atoms with van der Waals surface area (Å²) < 4.78 is 1.95. The van der Waals surface area contributed by atoms with Gasteiger partial charge in [0.1, 0.15) is 0 Å². The molecule has 1 N–H and O–H groups in total. The van der Waals surface area contributed by atoms with Crippen molar-refractivity contribution < 1.29 is 5.11 Å². The van der Waals surface area contributed by atoms with E-state index in [4.69, 9.17) is 4.99 Å². The van der Waals surface area contributed by atoms with Gasteiger partial charge in [0.15, 0.2) is 4.80 Å². The molecule has 0 saturated carbocycles. The molecule has 0 radical (unpaired) electrons. The van der Waals surface area contributed by atoms with Gasteiger partial charge in [-0.25, -0.2) is 0 Å². The van der Waals surface area contributed by atoms with Gasteiger partial charge in [-0.15, -0.1) is 0 Å². The van der Waals surface area contributed by atoms with E-state index in [-0.39, 0.29) is 0 Å². The highest BCUT2D eigenvalue weighted by Crippen LogP contribution is 2.34. The van der Waals surface area contributed by atoms with E-state index in [0.717, 1.165) is 65.3 Å². The van der Waals surface area contributed by atoms with Crippen molar-refractivity contribution in [2.45, 2.75) is 46.1 Å². The molecule has 0 fully saturated rings. The summed E-state index contributed by atoms with van der Waals surface area (Å²) in [6.45, 7) is 5.94. The van der Waals surface area contributed by atoms with Crippen molar-refractivity contribution in [3.8, 4) is 5.88 Å². The Bertz CT molecular complexity index is 858. The van der Waals surface area contributed by atoms with Crippen molar-refractivity contribution in [3.63, 3.8) is 0 Å². The van der Waals surface area contributed by atoms with Crippen LogP contribution in [0.4, 0.5) is 5.69 Å². The van der Waals surface area contributed by atoms with Crippen molar-refractivity contribution in [2.24, 2.45) is 9.98 Å². The Balaban J connectivity index is 1.98. The zero-order valence-electron chi connectivity index (χ0n) is 14.9. The number of hydrogen-bond acceptors (Lipinski definition) is 4. The van der Waals surface area contributed by atoms with Crippen LogP contribution in [-0.2, 0) is 6.54 Å². The number of rotatable bonds is 7. The van der Waals surface area contributed by atoms with Crippen LogP contribution >= 0.6 is 11.3 Å². The van der Waals surface area contributed by atoms with Gasteiger partial charge in [0, 0.05) is 30.4 Å². The summed E-state index contributed by atoms with van der Waals surface area (Å²) in [5.41, 5.74) is 3.13. The van der Waals surface area contributed by atoms with Gasteiger partial charge in [-0.05, 0) is 25.0 Å². The van der Waals surface area contributed by atoms with Gasteiger partial charge in [-0.1, -0.05) is 56.2 Å². The van der Waals surface area contributed by atoms with Crippen molar-refractivity contribution in [1.29, 1.82) is 0 Å². The van der Waals surface area contributed by atoms with Crippen molar-refractivity contribution in [1.82, 2.24) is 4.57 Å². The smallest absolute Gasteiger partial charge is 0.211 e. The average Bonchev–Trinajstić information content (AvgIpc) is 3.16. The fraction of sp³-hybridized carbons (Fsp3) is 0.400. The minimum Gasteiger partial charge on any atom is -0.493 e. The topological polar surface area (TPSA) is 49.9 Å². The van der Waals surface area contributed by atoms with E-state index in [1.165, 1.54) is 0 Å². The Morgan fingerprint density at radius 1 is 1.20 bits per heavy atom. The number of benzene rings is 1. The molecule has 132 valence electrons. The molecule has 0 atom stereocenters. The molecule has 0 saturated heterocycles. The number of aromatic hydroxyl groups is 1. The fourth-order valence-corrected chi connectivity index (χ4v) is 3.81. The van der Waals surface area contributed by atoms with Gasteiger partial charge in [0.05, 0.1) is 10.6 Å². The van der Waals surface area contributed by atoms with Crippen LogP contribution in [0.2, 0.25) is 0 Å². The Morgan fingerprint density at radius 3 is 2.80 bits per heavy atom. The molecule has 2 aromatic rings. The lowest BCUT2D eigenvalue weighted by Crippen LogP contribution is -2.15. The highest BCUT2D eigenvalue weighted by molar-refractivity contribution is 7.10. The molecule has 1 aromatic heterocycles. The average molecular weight is 356 g/mol. The van der Waals surface area contributed by atoms with Crippen molar-refractivity contribution in [3.05, 3.63) is 39.5 Å². The fourth-order valence-electron chi connectivity index (χ4n) is 2.78. The number of thiazole rings is 1. The van der Waals surface area contributed by atoms with Crippen LogP contribution in [-0.4, -0.2) is 22.4 Å². The van der Waals surface area contributed by atoms with Crippen LogP contribution < -0.4 is 4.80 Å². The standard InChI is InChI=1S/C20H25N3OS/c1-3-5-11-21-20-23(12-6-4-2)19(24)18(25-20)13-15-14-22-17-10-8-7-9-16(15)17/h7-10,13-14,24H,3-6,11-12H2,1-2H3/b15-13-,21-20?. The molecule has 0 amide bonds. The van der Waals surface area contributed by atoms with Crippen LogP contribution in [0.3, 0.4) is 0 Å². The summed E-state index contributed by atoms with van der Waals surface area (Å²) >= 11 is 1.56. The molecule has 1 aliphatic rings. The van der Waals surface area contributed by atoms with Crippen molar-refractivity contribution >= 4 is 34.9 Å². The second-order valence-corrected chi connectivity index (χ2v) is 7.20. The van der Waals surface area contributed by atoms with Gasteiger partial charge in [0.25, 0.3) is 0 Å². The normalized spacial score (nSPS) is 15.3. The van der Waals surface area contributed by atoms with Crippen LogP contribution in [0.1, 0.15) is 50.0 Å². The molecule has 3 rings (SSSR count). The number of unbranched alkanes of at least 4 members (excludes halogenated alkanes) is 2. The van der Waals surface area contributed by atoms with E-state index in [9.17, 15) is 5.11 Å². The summed E-state index contributed by atoms with van der Waals surface area (Å²) in [6.07, 6.45) is 8.21. The summed E-state index contributed by atoms with van der Waals surface area (Å²) in [7, 11) is 0. The summed E-state index contributed by atoms with van der Waals surface area (Å²) in [6, 6.07) is 8.08. The van der Waals surface area contributed by atoms with E-state index >= 15 is 0 Å². The van der Waals surface area contributed by atoms with Crippen LogP contribution in [0.5, 0.6) is 5.88 Å².